The van der Waals surface area contributed by atoms with Gasteiger partial charge >= 0.3 is 5.97 Å². The number of aldehydes is 1. The molecule has 0 radical (unpaired) electrons. The number of aliphatic hydroxyl groups excluding tert-OH is 1. The number of aromatic nitrogens is 3. The highest BCUT2D eigenvalue weighted by atomic mass is 16.4. The van der Waals surface area contributed by atoms with E-state index in [-0.39, 0.29) is 24.0 Å². The lowest BCUT2D eigenvalue weighted by molar-refractivity contribution is -0.137. The van der Waals surface area contributed by atoms with Crippen LogP contribution in [-0.4, -0.2) is 49.2 Å². The molecule has 0 aromatic carbocycles. The molecule has 2 aliphatic heterocycles. The van der Waals surface area contributed by atoms with Crippen LogP contribution in [0.25, 0.3) is 36.1 Å². The number of aliphatic hydroxyl groups is 1. The van der Waals surface area contributed by atoms with Crippen LogP contribution in [0.2, 0.25) is 0 Å². The van der Waals surface area contributed by atoms with Gasteiger partial charge in [-0.1, -0.05) is 26.5 Å². The molecule has 6 N–H and O–H groups in total. The van der Waals surface area contributed by atoms with Gasteiger partial charge in [-0.25, -0.2) is 0 Å². The Hall–Kier alpha value is -4.79. The number of allylic oxidation sites excluding steroid dienone is 1. The molecule has 9 nitrogen and oxygen atoms in total. The maximum atomic E-state index is 13.7. The molecule has 0 spiro atoms. The zero-order valence-corrected chi connectivity index (χ0v) is 24.7. The Kier molecular flexibility index (Phi) is 6.91. The van der Waals surface area contributed by atoms with E-state index in [2.05, 4.69) is 33.8 Å². The van der Waals surface area contributed by atoms with Crippen LogP contribution in [-0.2, 0) is 16.0 Å². The van der Waals surface area contributed by atoms with Gasteiger partial charge in [-0.15, -0.1) is 0 Å². The molecule has 3 aromatic heterocycles. The second-order valence-corrected chi connectivity index (χ2v) is 11.8. The van der Waals surface area contributed by atoms with Gasteiger partial charge in [0.2, 0.25) is 0 Å². The number of carboxylic acids is 1. The molecule has 4 atom stereocenters. The van der Waals surface area contributed by atoms with Gasteiger partial charge in [-0.2, -0.15) is 0 Å². The van der Waals surface area contributed by atoms with Crippen LogP contribution in [0, 0.1) is 31.6 Å². The van der Waals surface area contributed by atoms with Crippen LogP contribution in [0.3, 0.4) is 0 Å². The molecule has 0 amide bonds. The summed E-state index contributed by atoms with van der Waals surface area (Å²) in [6.07, 6.45) is 10.6. The van der Waals surface area contributed by atoms with Gasteiger partial charge in [-0.3, -0.25) is 9.59 Å². The SMILES string of the molecule is C=Cc1c2[nH]c(c1C)/C=C1/NC(C3=c4[nH]/c(c(C)c4C(=O)[C@@H]3C=O)=C\c3[nH]c(/c(=C\O)c3CC)=C\2)[C@@H](CCC(=O)O)[C@@H]1C. The number of aromatic amines is 3. The lowest BCUT2D eigenvalue weighted by Crippen LogP contribution is -2.35. The summed E-state index contributed by atoms with van der Waals surface area (Å²) in [5.74, 6) is -2.33. The molecule has 1 fully saturated rings. The van der Waals surface area contributed by atoms with E-state index in [1.54, 1.807) is 6.08 Å². The number of ketones is 1. The summed E-state index contributed by atoms with van der Waals surface area (Å²) in [4.78, 5) is 48.3. The summed E-state index contributed by atoms with van der Waals surface area (Å²) in [5, 5.41) is 26.2. The molecule has 5 heterocycles. The number of hydrogen-bond donors (Lipinski definition) is 6. The monoisotopic (exact) mass is 580 g/mol. The van der Waals surface area contributed by atoms with Gasteiger partial charge in [0, 0.05) is 56.8 Å². The van der Waals surface area contributed by atoms with Crippen molar-refractivity contribution in [2.45, 2.75) is 53.0 Å². The largest absolute Gasteiger partial charge is 0.515 e. The standard InChI is InChI=1S/C34H36N4O5/c1-6-18-15(3)23-10-24-16(4)20(8-9-29(41)42)32(37-24)31-22(14-40)34(43)30-17(5)25(38-33(30)31)11-27-19(7-2)21(13-39)28(36-27)12-26(18)35-23/h6,10-14,16,20,22,32,35-39H,1,7-9H2,2-5H3,(H,41,42)/b21-13-,24-10+,25-11-,28-12-/t16-,20-,22+,32?/m0/s1. The minimum Gasteiger partial charge on any atom is -0.515 e. The van der Waals surface area contributed by atoms with Crippen LogP contribution in [0.15, 0.2) is 12.3 Å². The van der Waals surface area contributed by atoms with Gasteiger partial charge in [-0.05, 0) is 73.1 Å². The minimum atomic E-state index is -0.955. The van der Waals surface area contributed by atoms with Crippen LogP contribution in [0.4, 0.5) is 0 Å². The zero-order chi connectivity index (χ0) is 30.7. The third-order valence-corrected chi connectivity index (χ3v) is 9.63. The van der Waals surface area contributed by atoms with E-state index in [4.69, 9.17) is 0 Å². The third kappa shape index (κ3) is 4.25. The number of Topliss-reactive ketones (excluding diaryl/α,β-unsaturated/α-hetero) is 1. The van der Waals surface area contributed by atoms with E-state index >= 15 is 0 Å². The van der Waals surface area contributed by atoms with Gasteiger partial charge in [0.05, 0.1) is 23.0 Å². The predicted molar refractivity (Wildman–Crippen MR) is 166 cm³/mol. The van der Waals surface area contributed by atoms with Crippen molar-refractivity contribution in [1.82, 2.24) is 20.3 Å². The molecule has 222 valence electrons. The molecule has 43 heavy (non-hydrogen) atoms. The first-order chi connectivity index (χ1) is 20.6. The van der Waals surface area contributed by atoms with Gasteiger partial charge < -0.3 is 35.3 Å². The molecule has 1 unspecified atom stereocenters. The zero-order valence-electron chi connectivity index (χ0n) is 24.7. The van der Waals surface area contributed by atoms with Crippen molar-refractivity contribution < 1.29 is 24.6 Å². The van der Waals surface area contributed by atoms with E-state index in [9.17, 15) is 24.6 Å². The van der Waals surface area contributed by atoms with Crippen molar-refractivity contribution in [2.75, 3.05) is 0 Å². The van der Waals surface area contributed by atoms with Crippen LogP contribution >= 0.6 is 0 Å². The maximum absolute atomic E-state index is 13.7. The number of carboxylic acid groups (broad SMARTS) is 1. The summed E-state index contributed by atoms with van der Waals surface area (Å²) < 4.78 is 0. The second kappa shape index (κ2) is 10.5. The second-order valence-electron chi connectivity index (χ2n) is 11.8. The summed E-state index contributed by atoms with van der Waals surface area (Å²) >= 11 is 0. The molecule has 3 aliphatic rings. The molecule has 9 heteroatoms. The fraction of sp³-hybridized carbons (Fsp3) is 0.324. The molecule has 1 saturated heterocycles. The van der Waals surface area contributed by atoms with Crippen LogP contribution in [0.5, 0.6) is 0 Å². The Bertz CT molecular complexity index is 2000. The molecule has 3 aromatic rings. The number of aliphatic carboxylic acids is 1. The Balaban J connectivity index is 1.74. The van der Waals surface area contributed by atoms with E-state index in [1.165, 1.54) is 0 Å². The summed E-state index contributed by atoms with van der Waals surface area (Å²) in [6, 6.07) is -0.418. The van der Waals surface area contributed by atoms with Gasteiger partial charge in [0.25, 0.3) is 0 Å². The Morgan fingerprint density at radius 3 is 2.44 bits per heavy atom. The molecular formula is C34H36N4O5. The number of rotatable bonds is 6. The quantitative estimate of drug-likeness (QED) is 0.194. The van der Waals surface area contributed by atoms with E-state index in [0.29, 0.717) is 40.8 Å². The highest BCUT2D eigenvalue weighted by molar-refractivity contribution is 6.16. The van der Waals surface area contributed by atoms with E-state index in [1.807, 2.05) is 39.0 Å². The van der Waals surface area contributed by atoms with Crippen molar-refractivity contribution in [1.29, 1.82) is 0 Å². The minimum absolute atomic E-state index is 0.0245. The van der Waals surface area contributed by atoms with E-state index in [0.717, 1.165) is 62.0 Å². The Morgan fingerprint density at radius 2 is 1.79 bits per heavy atom. The summed E-state index contributed by atoms with van der Waals surface area (Å²) in [5.41, 5.74) is 8.11. The normalized spacial score (nSPS) is 25.4. The third-order valence-electron chi connectivity index (χ3n) is 9.63. The van der Waals surface area contributed by atoms with E-state index < -0.39 is 17.9 Å². The Labute approximate surface area is 248 Å². The number of carbonyl (C=O) groups excluding carboxylic acids is 2. The first-order valence-corrected chi connectivity index (χ1v) is 14.7. The fourth-order valence-electron chi connectivity index (χ4n) is 7.32. The average molecular weight is 581 g/mol. The summed E-state index contributed by atoms with van der Waals surface area (Å²) in [6.45, 7) is 12.0. The number of fused-ring (bicyclic) bond motifs is 8. The van der Waals surface area contributed by atoms with Crippen LogP contribution < -0.4 is 26.6 Å². The highest BCUT2D eigenvalue weighted by Gasteiger charge is 2.46. The lowest BCUT2D eigenvalue weighted by Gasteiger charge is -2.24. The highest BCUT2D eigenvalue weighted by Crippen LogP contribution is 2.41. The van der Waals surface area contributed by atoms with Gasteiger partial charge in [0.15, 0.2) is 5.78 Å². The predicted octanol–water partition coefficient (Wildman–Crippen LogP) is 2.05. The van der Waals surface area contributed by atoms with Crippen molar-refractivity contribution in [2.24, 2.45) is 17.8 Å². The van der Waals surface area contributed by atoms with Crippen molar-refractivity contribution in [3.05, 3.63) is 78.4 Å². The molecule has 6 rings (SSSR count). The molecular weight excluding hydrogens is 544 g/mol. The van der Waals surface area contributed by atoms with Gasteiger partial charge in [0.1, 0.15) is 12.2 Å². The fourth-order valence-corrected chi connectivity index (χ4v) is 7.32. The number of H-pyrrole nitrogens is 3. The summed E-state index contributed by atoms with van der Waals surface area (Å²) in [7, 11) is 0. The molecule has 0 saturated carbocycles. The smallest absolute Gasteiger partial charge is 0.303 e. The first kappa shape index (κ1) is 28.3. The number of hydrogen-bond acceptors (Lipinski definition) is 5. The topological polar surface area (TPSA) is 151 Å². The number of carbonyl (C=O) groups is 3. The first-order valence-electron chi connectivity index (χ1n) is 14.7. The van der Waals surface area contributed by atoms with Crippen LogP contribution in [0.1, 0.15) is 76.4 Å². The van der Waals surface area contributed by atoms with Crippen molar-refractivity contribution >= 4 is 54.2 Å². The van der Waals surface area contributed by atoms with Crippen molar-refractivity contribution in [3.8, 4) is 0 Å². The lowest BCUT2D eigenvalue weighted by atomic mass is 9.80. The average Bonchev–Trinajstić information content (AvgIpc) is 3.72. The van der Waals surface area contributed by atoms with Crippen molar-refractivity contribution in [3.63, 3.8) is 0 Å². The number of nitrogens with one attached hydrogen (secondary N) is 4. The maximum Gasteiger partial charge on any atom is 0.303 e. The Morgan fingerprint density at radius 1 is 1.05 bits per heavy atom. The molecule has 8 bridgehead atoms. The molecule has 1 aliphatic carbocycles.